The Morgan fingerprint density at radius 3 is 2.88 bits per heavy atom. The summed E-state index contributed by atoms with van der Waals surface area (Å²) in [6.45, 7) is 4.35. The molecule has 1 heterocycles. The number of nitrogens with one attached hydrogen (secondary N) is 1. The van der Waals surface area contributed by atoms with E-state index in [1.165, 1.54) is 25.7 Å². The largest absolute Gasteiger partial charge is 0.301 e. The predicted octanol–water partition coefficient (Wildman–Crippen LogP) is 3.91. The maximum absolute atomic E-state index is 5.39. The molecule has 3 nitrogen and oxygen atoms in total. The highest BCUT2D eigenvalue weighted by molar-refractivity contribution is 7.99. The molecule has 2 atom stereocenters. The molecule has 5 heteroatoms. The van der Waals surface area contributed by atoms with Crippen LogP contribution in [0.5, 0.6) is 0 Å². The van der Waals surface area contributed by atoms with Crippen LogP contribution in [0.1, 0.15) is 57.3 Å². The third-order valence-electron chi connectivity index (χ3n) is 3.55. The molecule has 0 spiro atoms. The summed E-state index contributed by atoms with van der Waals surface area (Å²) in [4.78, 5) is 0. The number of hydrogen-bond donors (Lipinski definition) is 1. The maximum Gasteiger partial charge on any atom is 0.195 e. The molecule has 1 aromatic rings. The second kappa shape index (κ2) is 5.57. The van der Waals surface area contributed by atoms with Crippen molar-refractivity contribution in [3.05, 3.63) is 10.6 Å². The van der Waals surface area contributed by atoms with Gasteiger partial charge in [-0.2, -0.15) is 16.9 Å². The fourth-order valence-corrected chi connectivity index (χ4v) is 3.75. The molecule has 0 bridgehead atoms. The average molecular weight is 271 g/mol. The molecule has 96 valence electrons. The quantitative estimate of drug-likeness (QED) is 0.846. The smallest absolute Gasteiger partial charge is 0.195 e. The average Bonchev–Trinajstić information content (AvgIpc) is 2.71. The molecule has 0 aliphatic heterocycles. The second-order valence-electron chi connectivity index (χ2n) is 5.09. The van der Waals surface area contributed by atoms with Gasteiger partial charge in [-0.1, -0.05) is 20.3 Å². The van der Waals surface area contributed by atoms with Crippen LogP contribution in [0, 0.1) is 4.77 Å². The van der Waals surface area contributed by atoms with E-state index >= 15 is 0 Å². The Kier molecular flexibility index (Phi) is 4.31. The van der Waals surface area contributed by atoms with Crippen LogP contribution >= 0.6 is 24.0 Å². The highest BCUT2D eigenvalue weighted by atomic mass is 32.2. The lowest BCUT2D eigenvalue weighted by atomic mass is 9.94. The molecule has 17 heavy (non-hydrogen) atoms. The Bertz CT molecular complexity index is 422. The number of thioether (sulfide) groups is 1. The lowest BCUT2D eigenvalue weighted by molar-refractivity contribution is 0.347. The highest BCUT2D eigenvalue weighted by Gasteiger charge is 2.25. The molecular formula is C12H21N3S2. The summed E-state index contributed by atoms with van der Waals surface area (Å²) in [5.41, 5.74) is 0. The van der Waals surface area contributed by atoms with Gasteiger partial charge in [0.1, 0.15) is 5.82 Å². The van der Waals surface area contributed by atoms with E-state index in [0.29, 0.717) is 12.0 Å². The van der Waals surface area contributed by atoms with Gasteiger partial charge in [-0.3, -0.25) is 5.10 Å². The monoisotopic (exact) mass is 271 g/mol. The Labute approximate surface area is 112 Å². The van der Waals surface area contributed by atoms with Gasteiger partial charge < -0.3 is 4.57 Å². The number of rotatable bonds is 3. The molecule has 0 saturated heterocycles. The van der Waals surface area contributed by atoms with Gasteiger partial charge in [-0.05, 0) is 37.7 Å². The normalized spacial score (nSPS) is 25.4. The van der Waals surface area contributed by atoms with Crippen LogP contribution in [0.25, 0.3) is 0 Å². The van der Waals surface area contributed by atoms with Gasteiger partial charge in [0.15, 0.2) is 4.77 Å². The van der Waals surface area contributed by atoms with Crippen molar-refractivity contribution in [2.24, 2.45) is 0 Å². The first-order chi connectivity index (χ1) is 8.13. The molecule has 1 fully saturated rings. The zero-order valence-corrected chi connectivity index (χ0v) is 12.4. The molecule has 1 saturated carbocycles. The fourth-order valence-electron chi connectivity index (χ4n) is 2.65. The van der Waals surface area contributed by atoms with Crippen molar-refractivity contribution in [1.82, 2.24) is 14.8 Å². The van der Waals surface area contributed by atoms with Gasteiger partial charge in [0, 0.05) is 17.2 Å². The zero-order valence-electron chi connectivity index (χ0n) is 10.8. The van der Waals surface area contributed by atoms with Crippen LogP contribution in [0.2, 0.25) is 0 Å². The Morgan fingerprint density at radius 1 is 1.47 bits per heavy atom. The zero-order chi connectivity index (χ0) is 12.4. The van der Waals surface area contributed by atoms with E-state index < -0.39 is 0 Å². The third-order valence-corrected chi connectivity index (χ3v) is 4.93. The van der Waals surface area contributed by atoms with Crippen molar-refractivity contribution in [3.63, 3.8) is 0 Å². The SMILES string of the molecule is CSC1CCCC(n2c(C(C)C)n[nH]c2=S)C1. The van der Waals surface area contributed by atoms with Crippen LogP contribution in [0.15, 0.2) is 0 Å². The van der Waals surface area contributed by atoms with Crippen molar-refractivity contribution in [1.29, 1.82) is 0 Å². The Hall–Kier alpha value is -0.290. The summed E-state index contributed by atoms with van der Waals surface area (Å²) in [6.07, 6.45) is 7.34. The Balaban J connectivity index is 2.26. The van der Waals surface area contributed by atoms with E-state index in [9.17, 15) is 0 Å². The first-order valence-electron chi connectivity index (χ1n) is 6.33. The van der Waals surface area contributed by atoms with E-state index in [2.05, 4.69) is 34.9 Å². The molecule has 2 rings (SSSR count). The number of hydrogen-bond acceptors (Lipinski definition) is 3. The second-order valence-corrected chi connectivity index (χ2v) is 6.61. The molecular weight excluding hydrogens is 250 g/mol. The predicted molar refractivity (Wildman–Crippen MR) is 76.3 cm³/mol. The van der Waals surface area contributed by atoms with Gasteiger partial charge in [0.25, 0.3) is 0 Å². The van der Waals surface area contributed by atoms with Gasteiger partial charge in [-0.15, -0.1) is 0 Å². The van der Waals surface area contributed by atoms with Crippen LogP contribution in [-0.4, -0.2) is 26.3 Å². The summed E-state index contributed by atoms with van der Waals surface area (Å²) in [5, 5.41) is 8.12. The number of aromatic nitrogens is 3. The lowest BCUT2D eigenvalue weighted by Crippen LogP contribution is -2.22. The van der Waals surface area contributed by atoms with Crippen LogP contribution in [0.4, 0.5) is 0 Å². The maximum atomic E-state index is 5.39. The van der Waals surface area contributed by atoms with Crippen molar-refractivity contribution in [3.8, 4) is 0 Å². The van der Waals surface area contributed by atoms with E-state index in [0.717, 1.165) is 15.8 Å². The van der Waals surface area contributed by atoms with Gasteiger partial charge >= 0.3 is 0 Å². The van der Waals surface area contributed by atoms with Gasteiger partial charge in [0.05, 0.1) is 0 Å². The lowest BCUT2D eigenvalue weighted by Gasteiger charge is -2.30. The van der Waals surface area contributed by atoms with Crippen LogP contribution in [0.3, 0.4) is 0 Å². The van der Waals surface area contributed by atoms with Crippen LogP contribution in [-0.2, 0) is 0 Å². The van der Waals surface area contributed by atoms with Gasteiger partial charge in [0.2, 0.25) is 0 Å². The van der Waals surface area contributed by atoms with Gasteiger partial charge in [-0.25, -0.2) is 0 Å². The summed E-state index contributed by atoms with van der Waals surface area (Å²) in [6, 6.07) is 0.546. The minimum absolute atomic E-state index is 0.428. The number of nitrogens with zero attached hydrogens (tertiary/aromatic N) is 2. The summed E-state index contributed by atoms with van der Waals surface area (Å²) in [7, 11) is 0. The standard InChI is InChI=1S/C12H21N3S2/c1-8(2)11-13-14-12(16)15(11)9-5-4-6-10(7-9)17-3/h8-10H,4-7H2,1-3H3,(H,14,16). The topological polar surface area (TPSA) is 33.6 Å². The minimum atomic E-state index is 0.428. The first kappa shape index (κ1) is 13.1. The Morgan fingerprint density at radius 2 is 2.24 bits per heavy atom. The molecule has 1 aromatic heterocycles. The summed E-state index contributed by atoms with van der Waals surface area (Å²) >= 11 is 7.37. The van der Waals surface area contributed by atoms with Crippen molar-refractivity contribution >= 4 is 24.0 Å². The summed E-state index contributed by atoms with van der Waals surface area (Å²) in [5.74, 6) is 1.54. The van der Waals surface area contributed by atoms with E-state index in [4.69, 9.17) is 12.2 Å². The molecule has 0 aromatic carbocycles. The molecule has 1 N–H and O–H groups in total. The fraction of sp³-hybridized carbons (Fsp3) is 0.833. The first-order valence-corrected chi connectivity index (χ1v) is 8.02. The van der Waals surface area contributed by atoms with E-state index in [1.807, 2.05) is 11.8 Å². The van der Waals surface area contributed by atoms with E-state index in [1.54, 1.807) is 0 Å². The highest BCUT2D eigenvalue weighted by Crippen LogP contribution is 2.35. The molecule has 2 unspecified atom stereocenters. The molecule has 0 amide bonds. The number of aromatic amines is 1. The molecule has 0 radical (unpaired) electrons. The van der Waals surface area contributed by atoms with Crippen molar-refractivity contribution < 1.29 is 0 Å². The summed E-state index contributed by atoms with van der Waals surface area (Å²) < 4.78 is 3.06. The third kappa shape index (κ3) is 2.76. The van der Waals surface area contributed by atoms with Crippen molar-refractivity contribution in [2.75, 3.05) is 6.26 Å². The number of H-pyrrole nitrogens is 1. The molecule has 1 aliphatic carbocycles. The van der Waals surface area contributed by atoms with E-state index in [-0.39, 0.29) is 0 Å². The minimum Gasteiger partial charge on any atom is -0.301 e. The van der Waals surface area contributed by atoms with Crippen LogP contribution < -0.4 is 0 Å². The molecule has 1 aliphatic rings. The van der Waals surface area contributed by atoms with Crippen molar-refractivity contribution in [2.45, 2.75) is 56.7 Å².